The van der Waals surface area contributed by atoms with Crippen LogP contribution in [0.1, 0.15) is 48.6 Å². The van der Waals surface area contributed by atoms with E-state index < -0.39 is 0 Å². The number of nitrogens with zero attached hydrogens (tertiary/aromatic N) is 1. The van der Waals surface area contributed by atoms with E-state index in [0.29, 0.717) is 18.8 Å². The van der Waals surface area contributed by atoms with E-state index in [1.807, 2.05) is 7.05 Å². The average molecular weight is 329 g/mol. The minimum atomic E-state index is -0.180. The second-order valence-corrected chi connectivity index (χ2v) is 6.89. The number of likely N-dealkylation sites (tertiary alicyclic amines) is 1. The Balaban J connectivity index is 1.57. The number of benzene rings is 1. The quantitative estimate of drug-likeness (QED) is 0.806. The zero-order valence-corrected chi connectivity index (χ0v) is 14.4. The summed E-state index contributed by atoms with van der Waals surface area (Å²) in [6.45, 7) is 4.48. The molecule has 1 atom stereocenters. The molecular formula is C19H27N3O2. The highest BCUT2D eigenvalue weighted by atomic mass is 16.2. The maximum absolute atomic E-state index is 12.0. The summed E-state index contributed by atoms with van der Waals surface area (Å²) in [5.41, 5.74) is 2.40. The van der Waals surface area contributed by atoms with E-state index in [2.05, 4.69) is 39.8 Å². The maximum atomic E-state index is 12.0. The highest BCUT2D eigenvalue weighted by molar-refractivity contribution is 6.00. The van der Waals surface area contributed by atoms with E-state index in [9.17, 15) is 9.59 Å². The topological polar surface area (TPSA) is 61.4 Å². The Morgan fingerprint density at radius 3 is 2.38 bits per heavy atom. The molecule has 3 rings (SSSR count). The highest BCUT2D eigenvalue weighted by Crippen LogP contribution is 2.30. The lowest BCUT2D eigenvalue weighted by Gasteiger charge is -2.32. The van der Waals surface area contributed by atoms with Gasteiger partial charge in [0.2, 0.25) is 11.8 Å². The zero-order valence-electron chi connectivity index (χ0n) is 14.4. The van der Waals surface area contributed by atoms with Crippen molar-refractivity contribution < 1.29 is 9.59 Å². The van der Waals surface area contributed by atoms with Crippen LogP contribution in [-0.4, -0.2) is 49.9 Å². The molecule has 2 saturated heterocycles. The molecule has 1 unspecified atom stereocenters. The zero-order chi connectivity index (χ0) is 16.9. The van der Waals surface area contributed by atoms with Crippen molar-refractivity contribution in [3.05, 3.63) is 35.4 Å². The Labute approximate surface area is 143 Å². The first-order valence-electron chi connectivity index (χ1n) is 8.98. The molecule has 1 aromatic rings. The molecule has 2 heterocycles. The standard InChI is InChI=1S/C19H27N3O2/c1-20-10-13-22-11-8-15(9-12-22)14-2-4-16(5-3-14)17-6-7-18(23)21-19(17)24/h2-5,15,17,20H,6-13H2,1H3,(H,21,23,24). The van der Waals surface area contributed by atoms with Crippen molar-refractivity contribution >= 4 is 11.8 Å². The summed E-state index contributed by atoms with van der Waals surface area (Å²) in [7, 11) is 2.00. The van der Waals surface area contributed by atoms with Crippen molar-refractivity contribution in [2.45, 2.75) is 37.5 Å². The second kappa shape index (κ2) is 7.90. The molecule has 2 fully saturated rings. The summed E-state index contributed by atoms with van der Waals surface area (Å²) in [4.78, 5) is 25.8. The molecule has 1 aromatic carbocycles. The molecule has 2 aliphatic rings. The third-order valence-electron chi connectivity index (χ3n) is 5.32. The van der Waals surface area contributed by atoms with Crippen LogP contribution in [0.3, 0.4) is 0 Å². The second-order valence-electron chi connectivity index (χ2n) is 6.89. The summed E-state index contributed by atoms with van der Waals surface area (Å²) in [5, 5.41) is 5.65. The van der Waals surface area contributed by atoms with Crippen molar-refractivity contribution in [2.75, 3.05) is 33.2 Å². The number of rotatable bonds is 5. The first-order valence-corrected chi connectivity index (χ1v) is 8.98. The molecule has 0 saturated carbocycles. The molecule has 5 nitrogen and oxygen atoms in total. The van der Waals surface area contributed by atoms with Gasteiger partial charge >= 0.3 is 0 Å². The summed E-state index contributed by atoms with van der Waals surface area (Å²) in [5.74, 6) is 0.126. The Hall–Kier alpha value is -1.72. The van der Waals surface area contributed by atoms with Gasteiger partial charge in [-0.25, -0.2) is 0 Å². The molecule has 0 aromatic heterocycles. The van der Waals surface area contributed by atoms with Gasteiger partial charge in [0.15, 0.2) is 0 Å². The minimum absolute atomic E-state index is 0.155. The number of nitrogens with one attached hydrogen (secondary N) is 2. The van der Waals surface area contributed by atoms with Crippen LogP contribution < -0.4 is 10.6 Å². The number of likely N-dealkylation sites (N-methyl/N-ethyl adjacent to an activating group) is 1. The highest BCUT2D eigenvalue weighted by Gasteiger charge is 2.28. The van der Waals surface area contributed by atoms with Crippen LogP contribution in [0, 0.1) is 0 Å². The Kier molecular flexibility index (Phi) is 5.63. The summed E-state index contributed by atoms with van der Waals surface area (Å²) >= 11 is 0. The van der Waals surface area contributed by atoms with E-state index in [1.165, 1.54) is 18.4 Å². The van der Waals surface area contributed by atoms with Crippen LogP contribution in [0.25, 0.3) is 0 Å². The molecule has 5 heteroatoms. The lowest BCUT2D eigenvalue weighted by atomic mass is 9.86. The van der Waals surface area contributed by atoms with Crippen molar-refractivity contribution in [3.63, 3.8) is 0 Å². The van der Waals surface area contributed by atoms with Gasteiger partial charge in [-0.05, 0) is 56.4 Å². The fourth-order valence-corrected chi connectivity index (χ4v) is 3.77. The molecule has 0 spiro atoms. The third-order valence-corrected chi connectivity index (χ3v) is 5.32. The van der Waals surface area contributed by atoms with Gasteiger partial charge in [0, 0.05) is 19.5 Å². The van der Waals surface area contributed by atoms with Gasteiger partial charge in [-0.3, -0.25) is 14.9 Å². The molecule has 0 bridgehead atoms. The van der Waals surface area contributed by atoms with Gasteiger partial charge in [-0.15, -0.1) is 0 Å². The fourth-order valence-electron chi connectivity index (χ4n) is 3.77. The van der Waals surface area contributed by atoms with Crippen LogP contribution >= 0.6 is 0 Å². The molecule has 24 heavy (non-hydrogen) atoms. The molecule has 130 valence electrons. The lowest BCUT2D eigenvalue weighted by Crippen LogP contribution is -2.39. The van der Waals surface area contributed by atoms with Crippen LogP contribution in [0.15, 0.2) is 24.3 Å². The summed E-state index contributed by atoms with van der Waals surface area (Å²) < 4.78 is 0. The average Bonchev–Trinajstić information content (AvgIpc) is 2.61. The molecule has 2 aliphatic heterocycles. The number of carbonyl (C=O) groups is 2. The molecular weight excluding hydrogens is 302 g/mol. The van der Waals surface area contributed by atoms with Crippen LogP contribution in [0.5, 0.6) is 0 Å². The predicted octanol–water partition coefficient (Wildman–Crippen LogP) is 1.61. The van der Waals surface area contributed by atoms with Gasteiger partial charge < -0.3 is 10.2 Å². The van der Waals surface area contributed by atoms with Crippen molar-refractivity contribution in [2.24, 2.45) is 0 Å². The first-order chi connectivity index (χ1) is 11.7. The Morgan fingerprint density at radius 1 is 1.08 bits per heavy atom. The maximum Gasteiger partial charge on any atom is 0.234 e. The number of hydrogen-bond donors (Lipinski definition) is 2. The lowest BCUT2D eigenvalue weighted by molar-refractivity contribution is -0.134. The first kappa shape index (κ1) is 17.1. The molecule has 2 amide bonds. The molecule has 0 aliphatic carbocycles. The van der Waals surface area contributed by atoms with E-state index in [1.54, 1.807) is 0 Å². The Morgan fingerprint density at radius 2 is 1.75 bits per heavy atom. The van der Waals surface area contributed by atoms with Gasteiger partial charge in [0.05, 0.1) is 5.92 Å². The Bertz CT molecular complexity index is 577. The number of carbonyl (C=O) groups excluding carboxylic acids is 2. The summed E-state index contributed by atoms with van der Waals surface area (Å²) in [6.07, 6.45) is 3.44. The normalized spacial score (nSPS) is 23.3. The van der Waals surface area contributed by atoms with Gasteiger partial charge in [0.25, 0.3) is 0 Å². The SMILES string of the molecule is CNCCN1CCC(c2ccc(C3CCC(=O)NC3=O)cc2)CC1. The monoisotopic (exact) mass is 329 g/mol. The van der Waals surface area contributed by atoms with E-state index in [4.69, 9.17) is 0 Å². The van der Waals surface area contributed by atoms with Crippen LogP contribution in [0.2, 0.25) is 0 Å². The van der Waals surface area contributed by atoms with Crippen molar-refractivity contribution in [1.82, 2.24) is 15.5 Å². The van der Waals surface area contributed by atoms with Crippen molar-refractivity contribution in [1.29, 1.82) is 0 Å². The van der Waals surface area contributed by atoms with Crippen LogP contribution in [0.4, 0.5) is 0 Å². The number of amides is 2. The number of piperidine rings is 2. The number of imide groups is 1. The molecule has 0 radical (unpaired) electrons. The van der Waals surface area contributed by atoms with Gasteiger partial charge in [-0.2, -0.15) is 0 Å². The third kappa shape index (κ3) is 4.02. The number of hydrogen-bond acceptors (Lipinski definition) is 4. The van der Waals surface area contributed by atoms with Crippen molar-refractivity contribution in [3.8, 4) is 0 Å². The van der Waals surface area contributed by atoms with E-state index >= 15 is 0 Å². The van der Waals surface area contributed by atoms with E-state index in [-0.39, 0.29) is 17.7 Å². The minimum Gasteiger partial charge on any atom is -0.318 e. The summed E-state index contributed by atoms with van der Waals surface area (Å²) in [6, 6.07) is 8.49. The van der Waals surface area contributed by atoms with Gasteiger partial charge in [0.1, 0.15) is 0 Å². The van der Waals surface area contributed by atoms with Crippen LogP contribution in [-0.2, 0) is 9.59 Å². The smallest absolute Gasteiger partial charge is 0.234 e. The molecule has 2 N–H and O–H groups in total. The predicted molar refractivity (Wildman–Crippen MR) is 93.9 cm³/mol. The fraction of sp³-hybridized carbons (Fsp3) is 0.579. The largest absolute Gasteiger partial charge is 0.318 e. The van der Waals surface area contributed by atoms with E-state index in [0.717, 1.165) is 31.7 Å². The van der Waals surface area contributed by atoms with Gasteiger partial charge in [-0.1, -0.05) is 24.3 Å².